The van der Waals surface area contributed by atoms with Crippen LogP contribution in [0.3, 0.4) is 0 Å². The van der Waals surface area contributed by atoms with Crippen LogP contribution in [-0.4, -0.2) is 64.1 Å². The predicted octanol–water partition coefficient (Wildman–Crippen LogP) is -1.20. The summed E-state index contributed by atoms with van der Waals surface area (Å²) in [6.45, 7) is 1.27. The van der Waals surface area contributed by atoms with Gasteiger partial charge in [0, 0.05) is 7.11 Å². The molecule has 0 saturated carbocycles. The van der Waals surface area contributed by atoms with E-state index < -0.39 is 45.2 Å². The lowest BCUT2D eigenvalue weighted by Crippen LogP contribution is -2.56. The molecule has 0 amide bonds. The molecule has 0 aromatic rings. The number of hydrogen-bond acceptors (Lipinski definition) is 8. The third kappa shape index (κ3) is 5.27. The molecule has 0 aliphatic carbocycles. The maximum atomic E-state index is 10.7. The van der Waals surface area contributed by atoms with E-state index in [0.717, 1.165) is 0 Å². The highest BCUT2D eigenvalue weighted by atomic mass is 32.3. The van der Waals surface area contributed by atoms with E-state index in [1.807, 2.05) is 0 Å². The van der Waals surface area contributed by atoms with Crippen molar-refractivity contribution in [3.63, 3.8) is 0 Å². The average molecular weight is 322 g/mol. The molecule has 0 aromatic carbocycles. The fraction of sp³-hybridized carbons (Fsp3) is 1.00. The van der Waals surface area contributed by atoms with Gasteiger partial charge in [-0.1, -0.05) is 0 Å². The largest absolute Gasteiger partial charge is 0.397 e. The van der Waals surface area contributed by atoms with Gasteiger partial charge in [-0.2, -0.15) is 16.8 Å². The van der Waals surface area contributed by atoms with Gasteiger partial charge < -0.3 is 9.47 Å². The molecule has 0 aromatic heterocycles. The minimum Gasteiger partial charge on any atom is -0.376 e. The van der Waals surface area contributed by atoms with Crippen LogP contribution in [0.15, 0.2) is 0 Å². The second kappa shape index (κ2) is 5.97. The molecule has 0 spiro atoms. The molecule has 1 saturated heterocycles. The van der Waals surface area contributed by atoms with Crippen molar-refractivity contribution in [1.29, 1.82) is 0 Å². The van der Waals surface area contributed by atoms with Crippen molar-refractivity contribution < 1.29 is 43.8 Å². The number of ether oxygens (including phenoxy) is 2. The topological polar surface area (TPSA) is 146 Å². The Morgan fingerprint density at radius 1 is 1.05 bits per heavy atom. The molecule has 1 aliphatic rings. The molecule has 1 heterocycles. The van der Waals surface area contributed by atoms with Gasteiger partial charge >= 0.3 is 20.8 Å². The Labute approximate surface area is 110 Å². The lowest BCUT2D eigenvalue weighted by atomic mass is 10.0. The summed E-state index contributed by atoms with van der Waals surface area (Å²) < 4.78 is 78.9. The lowest BCUT2D eigenvalue weighted by molar-refractivity contribution is -0.174. The molecule has 10 nitrogen and oxygen atoms in total. The van der Waals surface area contributed by atoms with Gasteiger partial charge in [0.05, 0.1) is 12.7 Å². The summed E-state index contributed by atoms with van der Waals surface area (Å²) in [6, 6.07) is 0. The monoisotopic (exact) mass is 322 g/mol. The Hall–Kier alpha value is -0.340. The molecule has 19 heavy (non-hydrogen) atoms. The highest BCUT2D eigenvalue weighted by molar-refractivity contribution is 7.81. The SMILES string of the molecule is CO[C@@H]1CO[C@@H](C)[C@H](OS(=O)(=O)O)[C@H]1OS(=O)(=O)O. The zero-order valence-electron chi connectivity index (χ0n) is 9.99. The van der Waals surface area contributed by atoms with Gasteiger partial charge in [-0.05, 0) is 6.92 Å². The van der Waals surface area contributed by atoms with Crippen LogP contribution in [0.2, 0.25) is 0 Å². The first-order valence-corrected chi connectivity index (χ1v) is 7.72. The second-order valence-electron chi connectivity index (χ2n) is 3.79. The van der Waals surface area contributed by atoms with Crippen molar-refractivity contribution in [2.75, 3.05) is 13.7 Å². The van der Waals surface area contributed by atoms with Crippen LogP contribution in [0.5, 0.6) is 0 Å². The zero-order chi connectivity index (χ0) is 14.8. The Bertz CT molecular complexity index is 496. The lowest BCUT2D eigenvalue weighted by Gasteiger charge is -2.38. The van der Waals surface area contributed by atoms with Gasteiger partial charge in [0.15, 0.2) is 0 Å². The normalized spacial score (nSPS) is 33.3. The van der Waals surface area contributed by atoms with E-state index in [2.05, 4.69) is 8.37 Å². The van der Waals surface area contributed by atoms with Crippen molar-refractivity contribution >= 4 is 20.8 Å². The molecule has 1 aliphatic heterocycles. The molecule has 0 unspecified atom stereocenters. The first-order chi connectivity index (χ1) is 8.53. The van der Waals surface area contributed by atoms with E-state index in [9.17, 15) is 16.8 Å². The molecule has 1 fully saturated rings. The summed E-state index contributed by atoms with van der Waals surface area (Å²) in [5.74, 6) is 0. The summed E-state index contributed by atoms with van der Waals surface area (Å²) in [7, 11) is -8.54. The van der Waals surface area contributed by atoms with Crippen LogP contribution in [-0.2, 0) is 38.6 Å². The molecular weight excluding hydrogens is 308 g/mol. The maximum absolute atomic E-state index is 10.7. The van der Waals surface area contributed by atoms with Crippen LogP contribution < -0.4 is 0 Å². The number of rotatable bonds is 5. The fourth-order valence-electron chi connectivity index (χ4n) is 1.65. The minimum absolute atomic E-state index is 0.108. The summed E-state index contributed by atoms with van der Waals surface area (Å²) in [4.78, 5) is 0. The molecule has 2 N–H and O–H groups in total. The average Bonchev–Trinajstić information content (AvgIpc) is 2.20. The van der Waals surface area contributed by atoms with Crippen molar-refractivity contribution in [2.24, 2.45) is 0 Å². The highest BCUT2D eigenvalue weighted by Gasteiger charge is 2.45. The van der Waals surface area contributed by atoms with Crippen LogP contribution in [0, 0.1) is 0 Å². The molecule has 0 bridgehead atoms. The van der Waals surface area contributed by atoms with Gasteiger partial charge in [-0.15, -0.1) is 0 Å². The standard InChI is InChI=1S/C7H14O10S2/c1-4-6(16-18(8,9)10)7(17-19(11,12)13)5(14-2)3-15-4/h4-7H,3H2,1-2H3,(H,8,9,10)(H,11,12,13)/t4-,5+,6-,7-/m0/s1. The van der Waals surface area contributed by atoms with Crippen molar-refractivity contribution in [3.05, 3.63) is 0 Å². The van der Waals surface area contributed by atoms with Gasteiger partial charge in [0.2, 0.25) is 0 Å². The molecular formula is C7H14O10S2. The summed E-state index contributed by atoms with van der Waals surface area (Å²) in [5, 5.41) is 0. The van der Waals surface area contributed by atoms with Crippen LogP contribution in [0.25, 0.3) is 0 Å². The van der Waals surface area contributed by atoms with Gasteiger partial charge in [0.1, 0.15) is 18.3 Å². The van der Waals surface area contributed by atoms with E-state index >= 15 is 0 Å². The molecule has 1 rings (SSSR count). The number of hydrogen-bond donors (Lipinski definition) is 2. The Morgan fingerprint density at radius 3 is 1.95 bits per heavy atom. The highest BCUT2D eigenvalue weighted by Crippen LogP contribution is 2.25. The van der Waals surface area contributed by atoms with Gasteiger partial charge in [0.25, 0.3) is 0 Å². The quantitative estimate of drug-likeness (QED) is 0.591. The smallest absolute Gasteiger partial charge is 0.376 e. The second-order valence-corrected chi connectivity index (χ2v) is 5.89. The Morgan fingerprint density at radius 2 is 1.53 bits per heavy atom. The summed E-state index contributed by atoms with van der Waals surface area (Å²) in [6.07, 6.45) is -4.92. The summed E-state index contributed by atoms with van der Waals surface area (Å²) >= 11 is 0. The maximum Gasteiger partial charge on any atom is 0.397 e. The first-order valence-electron chi connectivity index (χ1n) is 4.99. The Kier molecular flexibility index (Phi) is 5.25. The van der Waals surface area contributed by atoms with Crippen LogP contribution in [0.1, 0.15) is 6.92 Å². The van der Waals surface area contributed by atoms with E-state index in [0.29, 0.717) is 0 Å². The van der Waals surface area contributed by atoms with Crippen molar-refractivity contribution in [3.8, 4) is 0 Å². The van der Waals surface area contributed by atoms with E-state index in [-0.39, 0.29) is 6.61 Å². The molecule has 4 atom stereocenters. The van der Waals surface area contributed by atoms with Crippen LogP contribution >= 0.6 is 0 Å². The van der Waals surface area contributed by atoms with Crippen molar-refractivity contribution in [1.82, 2.24) is 0 Å². The molecule has 114 valence electrons. The predicted molar refractivity (Wildman–Crippen MR) is 59.1 cm³/mol. The van der Waals surface area contributed by atoms with E-state index in [1.54, 1.807) is 0 Å². The minimum atomic E-state index is -4.87. The third-order valence-corrected chi connectivity index (χ3v) is 3.38. The van der Waals surface area contributed by atoms with E-state index in [1.165, 1.54) is 14.0 Å². The number of methoxy groups -OCH3 is 1. The van der Waals surface area contributed by atoms with E-state index in [4.69, 9.17) is 18.6 Å². The first kappa shape index (κ1) is 16.7. The zero-order valence-corrected chi connectivity index (χ0v) is 11.6. The van der Waals surface area contributed by atoms with Gasteiger partial charge in [-0.25, -0.2) is 8.37 Å². The van der Waals surface area contributed by atoms with Crippen molar-refractivity contribution in [2.45, 2.75) is 31.3 Å². The molecule has 0 radical (unpaired) electrons. The third-order valence-electron chi connectivity index (χ3n) is 2.44. The fourth-order valence-corrected chi connectivity index (χ4v) is 2.71. The Balaban J connectivity index is 3.03. The van der Waals surface area contributed by atoms with Gasteiger partial charge in [-0.3, -0.25) is 9.11 Å². The molecule has 12 heteroatoms. The summed E-state index contributed by atoms with van der Waals surface area (Å²) in [5.41, 5.74) is 0. The van der Waals surface area contributed by atoms with Crippen LogP contribution in [0.4, 0.5) is 0 Å².